The van der Waals surface area contributed by atoms with Gasteiger partial charge in [-0.05, 0) is 31.4 Å². The average molecular weight is 296 g/mol. The first-order valence-electron chi connectivity index (χ1n) is 7.16. The number of amides is 1. The molecule has 1 aliphatic carbocycles. The van der Waals surface area contributed by atoms with Crippen molar-refractivity contribution in [3.63, 3.8) is 0 Å². The summed E-state index contributed by atoms with van der Waals surface area (Å²) in [5.74, 6) is -0.578. The minimum absolute atomic E-state index is 0.113. The fraction of sp³-hybridized carbons (Fsp3) is 0.533. The summed E-state index contributed by atoms with van der Waals surface area (Å²) in [5.41, 5.74) is 5.70. The molecular weight excluding hydrogens is 275 g/mol. The summed E-state index contributed by atoms with van der Waals surface area (Å²) in [6, 6.07) is 5.89. The number of halogens is 1. The van der Waals surface area contributed by atoms with E-state index in [9.17, 15) is 14.3 Å². The van der Waals surface area contributed by atoms with Crippen molar-refractivity contribution >= 4 is 5.91 Å². The maximum Gasteiger partial charge on any atom is 0.223 e. The molecule has 2 rings (SSSR count). The monoisotopic (exact) mass is 296 g/mol. The molecule has 0 aromatic heterocycles. The second-order valence-electron chi connectivity index (χ2n) is 5.31. The lowest BCUT2D eigenvalue weighted by atomic mass is 9.84. The molecule has 1 aliphatic rings. The van der Waals surface area contributed by atoms with Gasteiger partial charge in [-0.15, -0.1) is 0 Å². The van der Waals surface area contributed by atoms with Crippen molar-refractivity contribution in [3.8, 4) is 5.75 Å². The molecule has 4 N–H and O–H groups in total. The van der Waals surface area contributed by atoms with Crippen LogP contribution in [0.5, 0.6) is 5.75 Å². The Morgan fingerprint density at radius 3 is 2.90 bits per heavy atom. The molecular formula is C15H21FN2O3. The molecule has 6 heteroatoms. The minimum atomic E-state index is -0.621. The van der Waals surface area contributed by atoms with Crippen LogP contribution < -0.4 is 15.8 Å². The predicted octanol–water partition coefficient (Wildman–Crippen LogP) is 0.809. The molecule has 1 fully saturated rings. The molecule has 0 bridgehead atoms. The topological polar surface area (TPSA) is 84.6 Å². The molecule has 116 valence electrons. The van der Waals surface area contributed by atoms with Crippen LogP contribution in [0.25, 0.3) is 0 Å². The Morgan fingerprint density at radius 1 is 1.43 bits per heavy atom. The Morgan fingerprint density at radius 2 is 2.19 bits per heavy atom. The van der Waals surface area contributed by atoms with Gasteiger partial charge in [0.05, 0.1) is 12.6 Å². The number of carbonyl (C=O) groups is 1. The van der Waals surface area contributed by atoms with Crippen molar-refractivity contribution < 1.29 is 19.0 Å². The van der Waals surface area contributed by atoms with E-state index in [1.54, 1.807) is 12.1 Å². The second kappa shape index (κ2) is 7.38. The number of nitrogens with one attached hydrogen (secondary N) is 1. The van der Waals surface area contributed by atoms with E-state index >= 15 is 0 Å². The van der Waals surface area contributed by atoms with Crippen molar-refractivity contribution in [2.45, 2.75) is 31.4 Å². The Bertz CT molecular complexity index is 484. The first-order chi connectivity index (χ1) is 10.1. The molecule has 5 nitrogen and oxygen atoms in total. The summed E-state index contributed by atoms with van der Waals surface area (Å²) < 4.78 is 18.5. The number of hydrogen-bond acceptors (Lipinski definition) is 4. The largest absolute Gasteiger partial charge is 0.489 e. The van der Waals surface area contributed by atoms with Gasteiger partial charge in [0.1, 0.15) is 6.61 Å². The molecule has 0 radical (unpaired) electrons. The smallest absolute Gasteiger partial charge is 0.223 e. The minimum Gasteiger partial charge on any atom is -0.489 e. The van der Waals surface area contributed by atoms with Crippen molar-refractivity contribution in [2.24, 2.45) is 11.7 Å². The normalized spacial score (nSPS) is 25.4. The van der Waals surface area contributed by atoms with Gasteiger partial charge in [-0.25, -0.2) is 4.39 Å². The van der Waals surface area contributed by atoms with E-state index in [1.165, 1.54) is 12.1 Å². The predicted molar refractivity (Wildman–Crippen MR) is 76.2 cm³/mol. The van der Waals surface area contributed by atoms with E-state index in [0.29, 0.717) is 25.8 Å². The van der Waals surface area contributed by atoms with Crippen LogP contribution in [0, 0.1) is 11.7 Å². The number of nitrogens with two attached hydrogens (primary N) is 1. The summed E-state index contributed by atoms with van der Waals surface area (Å²) in [4.78, 5) is 11.9. The molecule has 0 spiro atoms. The summed E-state index contributed by atoms with van der Waals surface area (Å²) in [6.45, 7) is 0.493. The highest BCUT2D eigenvalue weighted by atomic mass is 19.1. The van der Waals surface area contributed by atoms with Crippen LogP contribution in [0.4, 0.5) is 4.39 Å². The molecule has 1 aromatic carbocycles. The summed E-state index contributed by atoms with van der Waals surface area (Å²) in [7, 11) is 0. The number of aliphatic hydroxyl groups is 1. The highest BCUT2D eigenvalue weighted by Gasteiger charge is 2.30. The molecule has 0 saturated heterocycles. The van der Waals surface area contributed by atoms with Crippen LogP contribution in [-0.2, 0) is 4.79 Å². The number of aliphatic hydroxyl groups excluding tert-OH is 1. The second-order valence-corrected chi connectivity index (χ2v) is 5.31. The first kappa shape index (κ1) is 15.7. The quantitative estimate of drug-likeness (QED) is 0.702. The zero-order valence-corrected chi connectivity index (χ0v) is 11.8. The summed E-state index contributed by atoms with van der Waals surface area (Å²) >= 11 is 0. The van der Waals surface area contributed by atoms with E-state index in [4.69, 9.17) is 10.5 Å². The lowest BCUT2D eigenvalue weighted by Crippen LogP contribution is -2.45. The third kappa shape index (κ3) is 4.41. The summed E-state index contributed by atoms with van der Waals surface area (Å²) in [6.07, 6.45) is 1.09. The number of rotatable bonds is 5. The number of para-hydroxylation sites is 1. The fourth-order valence-corrected chi connectivity index (χ4v) is 2.45. The molecule has 1 amide bonds. The molecule has 3 atom stereocenters. The van der Waals surface area contributed by atoms with Gasteiger partial charge in [0, 0.05) is 12.0 Å². The molecule has 1 aromatic rings. The number of ether oxygens (including phenoxy) is 1. The Balaban J connectivity index is 1.69. The third-order valence-electron chi connectivity index (χ3n) is 3.73. The van der Waals surface area contributed by atoms with E-state index < -0.39 is 11.9 Å². The van der Waals surface area contributed by atoms with Gasteiger partial charge in [0.2, 0.25) is 5.91 Å². The standard InChI is InChI=1S/C15H21FN2O3/c16-11-3-1-2-4-14(11)21-8-7-18-15(20)10-5-6-12(17)13(19)9-10/h1-4,10,12-13,19H,5-9,17H2,(H,18,20)/t10-,12-,13-/m0/s1. The number of benzene rings is 1. The van der Waals surface area contributed by atoms with Gasteiger partial charge < -0.3 is 20.9 Å². The zero-order valence-electron chi connectivity index (χ0n) is 11.8. The van der Waals surface area contributed by atoms with Crippen LogP contribution in [0.3, 0.4) is 0 Å². The van der Waals surface area contributed by atoms with E-state index in [-0.39, 0.29) is 30.2 Å². The van der Waals surface area contributed by atoms with Crippen LogP contribution in [0.15, 0.2) is 24.3 Å². The molecule has 21 heavy (non-hydrogen) atoms. The molecule has 0 aliphatic heterocycles. The maximum atomic E-state index is 13.3. The van der Waals surface area contributed by atoms with Crippen LogP contribution in [-0.4, -0.2) is 36.3 Å². The molecule has 0 unspecified atom stereocenters. The van der Waals surface area contributed by atoms with Crippen molar-refractivity contribution in [1.29, 1.82) is 0 Å². The SMILES string of the molecule is N[C@H]1CC[C@H](C(=O)NCCOc2ccccc2F)C[C@@H]1O. The van der Waals surface area contributed by atoms with Crippen molar-refractivity contribution in [1.82, 2.24) is 5.32 Å². The van der Waals surface area contributed by atoms with E-state index in [2.05, 4.69) is 5.32 Å². The maximum absolute atomic E-state index is 13.3. The Labute approximate surface area is 123 Å². The van der Waals surface area contributed by atoms with Gasteiger partial charge in [-0.1, -0.05) is 12.1 Å². The van der Waals surface area contributed by atoms with Gasteiger partial charge >= 0.3 is 0 Å². The molecule has 0 heterocycles. The average Bonchev–Trinajstić information content (AvgIpc) is 2.48. The lowest BCUT2D eigenvalue weighted by molar-refractivity contribution is -0.127. The molecule has 1 saturated carbocycles. The number of hydrogen-bond donors (Lipinski definition) is 3. The van der Waals surface area contributed by atoms with Crippen LogP contribution >= 0.6 is 0 Å². The van der Waals surface area contributed by atoms with Crippen molar-refractivity contribution in [2.75, 3.05) is 13.2 Å². The zero-order chi connectivity index (χ0) is 15.2. The first-order valence-corrected chi connectivity index (χ1v) is 7.16. The van der Waals surface area contributed by atoms with Crippen molar-refractivity contribution in [3.05, 3.63) is 30.1 Å². The highest BCUT2D eigenvalue weighted by Crippen LogP contribution is 2.23. The lowest BCUT2D eigenvalue weighted by Gasteiger charge is -2.29. The van der Waals surface area contributed by atoms with Gasteiger partial charge in [-0.3, -0.25) is 4.79 Å². The Kier molecular flexibility index (Phi) is 5.52. The van der Waals surface area contributed by atoms with Gasteiger partial charge in [0.15, 0.2) is 11.6 Å². The van der Waals surface area contributed by atoms with E-state index in [1.807, 2.05) is 0 Å². The number of carbonyl (C=O) groups excluding carboxylic acids is 1. The van der Waals surface area contributed by atoms with Crippen LogP contribution in [0.2, 0.25) is 0 Å². The Hall–Kier alpha value is -1.66. The van der Waals surface area contributed by atoms with E-state index in [0.717, 1.165) is 0 Å². The van der Waals surface area contributed by atoms with Crippen LogP contribution in [0.1, 0.15) is 19.3 Å². The fourth-order valence-electron chi connectivity index (χ4n) is 2.45. The third-order valence-corrected chi connectivity index (χ3v) is 3.73. The summed E-state index contributed by atoms with van der Waals surface area (Å²) in [5, 5.41) is 12.4. The van der Waals surface area contributed by atoms with Gasteiger partial charge in [-0.2, -0.15) is 0 Å². The highest BCUT2D eigenvalue weighted by molar-refractivity contribution is 5.78. The van der Waals surface area contributed by atoms with Gasteiger partial charge in [0.25, 0.3) is 0 Å².